The molecule has 9 nitrogen and oxygen atoms in total. The quantitative estimate of drug-likeness (QED) is 0.407. The Kier molecular flexibility index (Phi) is 9.41. The van der Waals surface area contributed by atoms with E-state index in [1.54, 1.807) is 52.2 Å². The van der Waals surface area contributed by atoms with Gasteiger partial charge in [0.1, 0.15) is 5.75 Å². The van der Waals surface area contributed by atoms with Crippen LogP contribution in [0.4, 0.5) is 5.69 Å². The number of anilines is 1. The molecule has 1 fully saturated rings. The first-order valence-electron chi connectivity index (χ1n) is 17.1. The number of hydrogen-bond donors (Lipinski definition) is 2. The number of nitrogens with zero attached hydrogens (tertiary/aromatic N) is 2. The number of nitrogens with one attached hydrogen (secondary N) is 1. The molecule has 4 aliphatic rings. The zero-order chi connectivity index (χ0) is 34.6. The summed E-state index contributed by atoms with van der Waals surface area (Å²) < 4.78 is 35.7. The van der Waals surface area contributed by atoms with E-state index >= 15 is 0 Å². The third-order valence-electron chi connectivity index (χ3n) is 11.7. The van der Waals surface area contributed by atoms with Gasteiger partial charge in [0.15, 0.2) is 0 Å². The van der Waals surface area contributed by atoms with Crippen molar-refractivity contribution in [1.82, 2.24) is 9.62 Å². The van der Waals surface area contributed by atoms with Gasteiger partial charge in [-0.15, -0.1) is 0 Å². The smallest absolute Gasteiger partial charge is 0.264 e. The number of rotatable bonds is 2. The average Bonchev–Trinajstić information content (AvgIpc) is 3.17. The minimum absolute atomic E-state index is 0.0513. The zero-order valence-corrected chi connectivity index (χ0v) is 30.1. The van der Waals surface area contributed by atoms with E-state index in [2.05, 4.69) is 15.7 Å². The van der Waals surface area contributed by atoms with Gasteiger partial charge in [0.05, 0.1) is 29.1 Å². The van der Waals surface area contributed by atoms with Crippen LogP contribution >= 0.6 is 11.6 Å². The summed E-state index contributed by atoms with van der Waals surface area (Å²) in [5.74, 6) is -1.44. The average molecular weight is 698 g/mol. The third-order valence-corrected chi connectivity index (χ3v) is 13.8. The Morgan fingerprint density at radius 3 is 2.65 bits per heavy atom. The molecule has 2 heterocycles. The summed E-state index contributed by atoms with van der Waals surface area (Å²) in [6.45, 7) is 6.80. The highest BCUT2D eigenvalue weighted by atomic mass is 35.5. The van der Waals surface area contributed by atoms with Gasteiger partial charge in [0.2, 0.25) is 15.9 Å². The van der Waals surface area contributed by atoms with Crippen LogP contribution in [0.5, 0.6) is 5.75 Å². The lowest BCUT2D eigenvalue weighted by molar-refractivity contribution is -0.147. The van der Waals surface area contributed by atoms with Crippen LogP contribution in [0.1, 0.15) is 74.4 Å². The van der Waals surface area contributed by atoms with Crippen molar-refractivity contribution in [3.05, 3.63) is 70.3 Å². The van der Waals surface area contributed by atoms with Crippen molar-refractivity contribution < 1.29 is 27.9 Å². The lowest BCUT2D eigenvalue weighted by Gasteiger charge is -2.51. The van der Waals surface area contributed by atoms with Crippen LogP contribution in [-0.2, 0) is 26.7 Å². The lowest BCUT2D eigenvalue weighted by atomic mass is 9.60. The van der Waals surface area contributed by atoms with Gasteiger partial charge in [-0.2, -0.15) is 0 Å². The fourth-order valence-electron chi connectivity index (χ4n) is 8.36. The van der Waals surface area contributed by atoms with E-state index in [0.29, 0.717) is 42.6 Å². The summed E-state index contributed by atoms with van der Waals surface area (Å²) in [7, 11) is -0.633. The van der Waals surface area contributed by atoms with Gasteiger partial charge in [0, 0.05) is 43.2 Å². The van der Waals surface area contributed by atoms with Crippen molar-refractivity contribution in [1.29, 1.82) is 0 Å². The van der Waals surface area contributed by atoms with Crippen molar-refractivity contribution >= 4 is 39.1 Å². The molecule has 6 rings (SSSR count). The molecule has 0 aromatic heterocycles. The number of sulfonamides is 1. The molecule has 2 bridgehead atoms. The number of aliphatic hydroxyl groups is 1. The van der Waals surface area contributed by atoms with Crippen LogP contribution in [-0.4, -0.2) is 74.9 Å². The first kappa shape index (κ1) is 34.8. The van der Waals surface area contributed by atoms with Crippen LogP contribution in [0.15, 0.2) is 48.6 Å². The third kappa shape index (κ3) is 6.24. The van der Waals surface area contributed by atoms with Gasteiger partial charge in [-0.3, -0.25) is 9.59 Å². The lowest BCUT2D eigenvalue weighted by Crippen LogP contribution is -2.57. The van der Waals surface area contributed by atoms with Crippen molar-refractivity contribution in [2.45, 2.75) is 75.6 Å². The second-order valence-electron chi connectivity index (χ2n) is 14.9. The molecule has 2 amide bonds. The Labute approximate surface area is 289 Å². The van der Waals surface area contributed by atoms with E-state index in [1.165, 1.54) is 16.0 Å². The predicted octanol–water partition coefficient (Wildman–Crippen LogP) is 5.34. The number of ether oxygens (including phenoxy) is 1. The van der Waals surface area contributed by atoms with Crippen molar-refractivity contribution in [3.8, 4) is 5.75 Å². The standard InChI is InChI=1S/C37H48ClN3O6S/c1-23-8-6-17-37(44,24(2)35(43)40(4)5)31-13-10-28(31)20-41-21-36(16-7-9-26-18-29(38)12-14-30(26)36)22-47-33-15-11-27(19-32(33)41)34(42)39-48(45,46)25(23)3/h6,11-12,14-15,17-19,23-25,28,31,44H,7-10,13,16,20-22H2,1-5H3,(H,39,42)/b17-6+/t23-,24-,25+,28-,31+,36-,37-/m0/s1. The first-order valence-corrected chi connectivity index (χ1v) is 19.1. The van der Waals surface area contributed by atoms with E-state index in [1.807, 2.05) is 25.1 Å². The highest BCUT2D eigenvalue weighted by molar-refractivity contribution is 7.90. The van der Waals surface area contributed by atoms with E-state index in [-0.39, 0.29) is 34.6 Å². The molecule has 7 atom stereocenters. The fraction of sp³-hybridized carbons (Fsp3) is 0.568. The molecule has 2 aromatic carbocycles. The van der Waals surface area contributed by atoms with Gasteiger partial charge in [0.25, 0.3) is 5.91 Å². The number of carbonyl (C=O) groups excluding carboxylic acids is 2. The molecule has 1 spiro atoms. The molecule has 2 aromatic rings. The maximum atomic E-state index is 13.5. The summed E-state index contributed by atoms with van der Waals surface area (Å²) in [4.78, 5) is 30.7. The summed E-state index contributed by atoms with van der Waals surface area (Å²) >= 11 is 6.43. The van der Waals surface area contributed by atoms with Gasteiger partial charge in [-0.25, -0.2) is 13.1 Å². The molecule has 0 radical (unpaired) electrons. The van der Waals surface area contributed by atoms with Crippen molar-refractivity contribution in [2.24, 2.45) is 23.7 Å². The Morgan fingerprint density at radius 2 is 1.94 bits per heavy atom. The Balaban J connectivity index is 1.47. The van der Waals surface area contributed by atoms with Crippen molar-refractivity contribution in [2.75, 3.05) is 38.7 Å². The molecule has 1 saturated carbocycles. The molecule has 0 unspecified atom stereocenters. The number of allylic oxidation sites excluding steroid dienone is 1. The maximum Gasteiger partial charge on any atom is 0.264 e. The second-order valence-corrected chi connectivity index (χ2v) is 17.3. The fourth-order valence-corrected chi connectivity index (χ4v) is 9.84. The maximum absolute atomic E-state index is 13.5. The van der Waals surface area contributed by atoms with Gasteiger partial charge < -0.3 is 19.6 Å². The summed E-state index contributed by atoms with van der Waals surface area (Å²) in [5, 5.41) is 12.3. The number of fused-ring (bicyclic) bond motifs is 4. The zero-order valence-electron chi connectivity index (χ0n) is 28.5. The number of hydrogen-bond acceptors (Lipinski definition) is 7. The topological polar surface area (TPSA) is 116 Å². The van der Waals surface area contributed by atoms with Gasteiger partial charge in [-0.1, -0.05) is 43.7 Å². The van der Waals surface area contributed by atoms with E-state index < -0.39 is 32.7 Å². The molecule has 2 aliphatic heterocycles. The second kappa shape index (κ2) is 13.0. The normalized spacial score (nSPS) is 32.7. The molecule has 0 saturated heterocycles. The molecular formula is C37H48ClN3O6S. The number of benzene rings is 2. The molecule has 2 aliphatic carbocycles. The minimum Gasteiger partial charge on any atom is -0.490 e. The number of halogens is 1. The largest absolute Gasteiger partial charge is 0.490 e. The number of amides is 2. The molecule has 11 heteroatoms. The van der Waals surface area contributed by atoms with Crippen LogP contribution < -0.4 is 14.4 Å². The minimum atomic E-state index is -4.03. The SMILES string of the molecule is C[C@@H]1[C@@H](C)C/C=C/[C@](O)([C@@H](C)C(=O)N(C)C)[C@@H]2CC[C@H]2CN2C[C@@]3(CCCc4cc(Cl)ccc43)COc3ccc(cc32)C(=O)NS1(=O)=O. The van der Waals surface area contributed by atoms with Crippen molar-refractivity contribution in [3.63, 3.8) is 0 Å². The number of carbonyl (C=O) groups is 2. The summed E-state index contributed by atoms with van der Waals surface area (Å²) in [6, 6.07) is 11.2. The Bertz CT molecular complexity index is 1730. The summed E-state index contributed by atoms with van der Waals surface area (Å²) in [5.41, 5.74) is 1.59. The van der Waals surface area contributed by atoms with E-state index in [9.17, 15) is 23.1 Å². The monoisotopic (exact) mass is 697 g/mol. The summed E-state index contributed by atoms with van der Waals surface area (Å²) in [6.07, 6.45) is 8.36. The highest BCUT2D eigenvalue weighted by Gasteiger charge is 2.52. The molecular weight excluding hydrogens is 650 g/mol. The van der Waals surface area contributed by atoms with Crippen LogP contribution in [0.3, 0.4) is 0 Å². The predicted molar refractivity (Wildman–Crippen MR) is 188 cm³/mol. The Morgan fingerprint density at radius 1 is 1.17 bits per heavy atom. The van der Waals surface area contributed by atoms with E-state index in [4.69, 9.17) is 16.3 Å². The van der Waals surface area contributed by atoms with Gasteiger partial charge in [-0.05, 0) is 105 Å². The Hall–Kier alpha value is -3.08. The van der Waals surface area contributed by atoms with Crippen LogP contribution in [0.2, 0.25) is 5.02 Å². The highest BCUT2D eigenvalue weighted by Crippen LogP contribution is 2.50. The molecule has 48 heavy (non-hydrogen) atoms. The first-order chi connectivity index (χ1) is 22.6. The van der Waals surface area contributed by atoms with Gasteiger partial charge >= 0.3 is 0 Å². The molecule has 2 N–H and O–H groups in total. The van der Waals surface area contributed by atoms with Crippen LogP contribution in [0.25, 0.3) is 0 Å². The van der Waals surface area contributed by atoms with E-state index in [0.717, 1.165) is 32.1 Å². The molecule has 260 valence electrons. The van der Waals surface area contributed by atoms with Crippen LogP contribution in [0, 0.1) is 23.7 Å². The number of aryl methyl sites for hydroxylation is 1.